The molecule has 1 fully saturated rings. The largest absolute Gasteiger partial charge is 0.379 e. The van der Waals surface area contributed by atoms with Gasteiger partial charge in [0, 0.05) is 46.2 Å². The van der Waals surface area contributed by atoms with Gasteiger partial charge in [0.2, 0.25) is 5.91 Å². The molecule has 8 heteroatoms. The van der Waals surface area contributed by atoms with Gasteiger partial charge in [-0.2, -0.15) is 5.10 Å². The smallest absolute Gasteiger partial charge is 0.345 e. The van der Waals surface area contributed by atoms with Gasteiger partial charge < -0.3 is 9.64 Å². The van der Waals surface area contributed by atoms with Crippen LogP contribution in [0.4, 0.5) is 0 Å². The first-order chi connectivity index (χ1) is 11.1. The third-order valence-electron chi connectivity index (χ3n) is 4.88. The number of hydrogen-bond donors (Lipinski definition) is 0. The number of ether oxygens (including phenoxy) is 1. The van der Waals surface area contributed by atoms with Crippen LogP contribution in [0.25, 0.3) is 0 Å². The first-order valence-electron chi connectivity index (χ1n) is 8.24. The van der Waals surface area contributed by atoms with Crippen molar-refractivity contribution in [2.24, 2.45) is 7.05 Å². The number of amides is 1. The highest BCUT2D eigenvalue weighted by Gasteiger charge is 2.26. The third kappa shape index (κ3) is 3.48. The highest BCUT2D eigenvalue weighted by Crippen LogP contribution is 2.16. The van der Waals surface area contributed by atoms with Crippen LogP contribution >= 0.6 is 0 Å². The van der Waals surface area contributed by atoms with Crippen LogP contribution in [0.1, 0.15) is 18.7 Å². The van der Waals surface area contributed by atoms with Crippen LogP contribution in [0.3, 0.4) is 0 Å². The Morgan fingerprint density at radius 1 is 1.30 bits per heavy atom. The molecule has 8 nitrogen and oxygen atoms in total. The minimum Gasteiger partial charge on any atom is -0.379 e. The van der Waals surface area contributed by atoms with Crippen molar-refractivity contribution < 1.29 is 9.53 Å². The van der Waals surface area contributed by atoms with Gasteiger partial charge in [0.15, 0.2) is 0 Å². The molecule has 1 unspecified atom stereocenters. The lowest BCUT2D eigenvalue weighted by Gasteiger charge is -2.31. The predicted molar refractivity (Wildman–Crippen MR) is 84.2 cm³/mol. The molecule has 0 aromatic carbocycles. The van der Waals surface area contributed by atoms with E-state index >= 15 is 0 Å². The molecule has 2 aliphatic rings. The molecule has 0 bridgehead atoms. The minimum atomic E-state index is -0.0667. The number of nitrogens with zero attached hydrogens (tertiary/aromatic N) is 5. The van der Waals surface area contributed by atoms with E-state index in [4.69, 9.17) is 4.74 Å². The number of fused-ring (bicyclic) bond motifs is 1. The lowest BCUT2D eigenvalue weighted by Crippen LogP contribution is -2.46. The predicted octanol–water partition coefficient (Wildman–Crippen LogP) is -0.923. The van der Waals surface area contributed by atoms with E-state index in [9.17, 15) is 9.59 Å². The van der Waals surface area contributed by atoms with Gasteiger partial charge in [0.05, 0.1) is 19.8 Å². The first-order valence-corrected chi connectivity index (χ1v) is 8.24. The summed E-state index contributed by atoms with van der Waals surface area (Å²) in [5.41, 5.74) is -0.0667. The monoisotopic (exact) mass is 323 g/mol. The van der Waals surface area contributed by atoms with E-state index in [0.717, 1.165) is 38.2 Å². The molecular formula is C15H25N5O3. The molecule has 0 radical (unpaired) electrons. The second-order valence-corrected chi connectivity index (χ2v) is 6.35. The number of aryl methyl sites for hydroxylation is 2. The summed E-state index contributed by atoms with van der Waals surface area (Å²) >= 11 is 0. The summed E-state index contributed by atoms with van der Waals surface area (Å²) in [6.45, 7) is 4.10. The number of carbonyl (C=O) groups excluding carboxylic acids is 1. The van der Waals surface area contributed by atoms with Crippen molar-refractivity contribution in [3.05, 3.63) is 16.3 Å². The maximum Gasteiger partial charge on any atom is 0.345 e. The van der Waals surface area contributed by atoms with Crippen LogP contribution in [0.5, 0.6) is 0 Å². The second kappa shape index (κ2) is 6.84. The van der Waals surface area contributed by atoms with E-state index in [1.807, 2.05) is 11.9 Å². The molecule has 3 rings (SSSR count). The van der Waals surface area contributed by atoms with Crippen molar-refractivity contribution in [3.8, 4) is 0 Å². The molecule has 128 valence electrons. The van der Waals surface area contributed by atoms with E-state index in [1.54, 1.807) is 11.6 Å². The average molecular weight is 323 g/mol. The summed E-state index contributed by atoms with van der Waals surface area (Å²) in [6.07, 6.45) is 2.38. The van der Waals surface area contributed by atoms with Gasteiger partial charge in [-0.15, -0.1) is 0 Å². The van der Waals surface area contributed by atoms with Gasteiger partial charge in [-0.25, -0.2) is 9.48 Å². The van der Waals surface area contributed by atoms with E-state index in [2.05, 4.69) is 10.00 Å². The summed E-state index contributed by atoms with van der Waals surface area (Å²) in [6, 6.07) is 0.162. The number of carbonyl (C=O) groups is 1. The van der Waals surface area contributed by atoms with Crippen molar-refractivity contribution >= 4 is 5.91 Å². The van der Waals surface area contributed by atoms with Crippen molar-refractivity contribution in [2.75, 3.05) is 39.9 Å². The standard InChI is InChI=1S/C15H25N5O3/c1-17(14(21)11-19-7-9-23-10-8-19)12-3-4-13-16-18(2)15(22)20(13)6-5-12/h12H,3-11H2,1-2H3. The maximum absolute atomic E-state index is 12.5. The van der Waals surface area contributed by atoms with E-state index < -0.39 is 0 Å². The molecule has 1 saturated heterocycles. The molecular weight excluding hydrogens is 298 g/mol. The Balaban J connectivity index is 1.59. The number of likely N-dealkylation sites (N-methyl/N-ethyl adjacent to an activating group) is 1. The lowest BCUT2D eigenvalue weighted by atomic mass is 10.1. The molecule has 0 aliphatic carbocycles. The van der Waals surface area contributed by atoms with Gasteiger partial charge >= 0.3 is 5.69 Å². The summed E-state index contributed by atoms with van der Waals surface area (Å²) in [7, 11) is 3.55. The Hall–Kier alpha value is -1.67. The molecule has 23 heavy (non-hydrogen) atoms. The van der Waals surface area contributed by atoms with Crippen LogP contribution in [0.15, 0.2) is 4.79 Å². The second-order valence-electron chi connectivity index (χ2n) is 6.35. The molecule has 0 spiro atoms. The molecule has 0 saturated carbocycles. The highest BCUT2D eigenvalue weighted by atomic mass is 16.5. The first kappa shape index (κ1) is 16.2. The van der Waals surface area contributed by atoms with E-state index in [-0.39, 0.29) is 17.6 Å². The Bertz CT molecular complexity index is 617. The van der Waals surface area contributed by atoms with Crippen molar-refractivity contribution in [1.82, 2.24) is 24.1 Å². The number of hydrogen-bond acceptors (Lipinski definition) is 5. The van der Waals surface area contributed by atoms with E-state index in [1.165, 1.54) is 4.68 Å². The van der Waals surface area contributed by atoms with Gasteiger partial charge in [-0.1, -0.05) is 0 Å². The topological polar surface area (TPSA) is 72.6 Å². The molecule has 1 amide bonds. The van der Waals surface area contributed by atoms with Crippen LogP contribution < -0.4 is 5.69 Å². The van der Waals surface area contributed by atoms with Crippen LogP contribution in [-0.2, 0) is 29.5 Å². The Kier molecular flexibility index (Phi) is 4.82. The fourth-order valence-electron chi connectivity index (χ4n) is 3.34. The molecule has 1 aromatic heterocycles. The Morgan fingerprint density at radius 2 is 2.04 bits per heavy atom. The number of aromatic nitrogens is 3. The third-order valence-corrected chi connectivity index (χ3v) is 4.88. The zero-order chi connectivity index (χ0) is 16.4. The van der Waals surface area contributed by atoms with E-state index in [0.29, 0.717) is 26.3 Å². The molecule has 1 aromatic rings. The zero-order valence-electron chi connectivity index (χ0n) is 13.9. The van der Waals surface area contributed by atoms with Crippen molar-refractivity contribution in [3.63, 3.8) is 0 Å². The van der Waals surface area contributed by atoms with Gasteiger partial charge in [-0.3, -0.25) is 14.3 Å². The summed E-state index contributed by atoms with van der Waals surface area (Å²) in [5, 5.41) is 4.28. The van der Waals surface area contributed by atoms with Gasteiger partial charge in [0.1, 0.15) is 5.82 Å². The SMILES string of the molecule is CN(C(=O)CN1CCOCC1)C1CCc2nn(C)c(=O)n2CC1. The molecule has 3 heterocycles. The van der Waals surface area contributed by atoms with Gasteiger partial charge in [-0.05, 0) is 12.8 Å². The highest BCUT2D eigenvalue weighted by molar-refractivity contribution is 5.78. The quantitative estimate of drug-likeness (QED) is 0.719. The Labute approximate surface area is 135 Å². The number of morpholine rings is 1. The average Bonchev–Trinajstić information content (AvgIpc) is 2.73. The molecule has 2 aliphatic heterocycles. The minimum absolute atomic E-state index is 0.0667. The van der Waals surface area contributed by atoms with Crippen molar-refractivity contribution in [2.45, 2.75) is 31.8 Å². The summed E-state index contributed by atoms with van der Waals surface area (Å²) < 4.78 is 8.44. The molecule has 1 atom stereocenters. The normalized spacial score (nSPS) is 22.4. The van der Waals surface area contributed by atoms with Gasteiger partial charge in [0.25, 0.3) is 0 Å². The summed E-state index contributed by atoms with van der Waals surface area (Å²) in [5.74, 6) is 0.971. The Morgan fingerprint density at radius 3 is 2.78 bits per heavy atom. The van der Waals surface area contributed by atoms with Crippen molar-refractivity contribution in [1.29, 1.82) is 0 Å². The summed E-state index contributed by atoms with van der Waals surface area (Å²) in [4.78, 5) is 28.5. The zero-order valence-corrected chi connectivity index (χ0v) is 13.9. The fraction of sp³-hybridized carbons (Fsp3) is 0.800. The van der Waals surface area contributed by atoms with Crippen LogP contribution in [0.2, 0.25) is 0 Å². The lowest BCUT2D eigenvalue weighted by molar-refractivity contribution is -0.134. The van der Waals surface area contributed by atoms with Crippen LogP contribution in [0, 0.1) is 0 Å². The number of rotatable bonds is 3. The maximum atomic E-state index is 12.5. The molecule has 0 N–H and O–H groups in total. The fourth-order valence-corrected chi connectivity index (χ4v) is 3.34. The van der Waals surface area contributed by atoms with Crippen LogP contribution in [-0.4, -0.2) is 76.0 Å².